The molecule has 0 fully saturated rings. The van der Waals surface area contributed by atoms with E-state index in [0.717, 1.165) is 5.56 Å². The monoisotopic (exact) mass is 367 g/mol. The summed E-state index contributed by atoms with van der Waals surface area (Å²) in [7, 11) is 0. The molecule has 0 spiro atoms. The van der Waals surface area contributed by atoms with Crippen LogP contribution in [0.5, 0.6) is 0 Å². The highest BCUT2D eigenvalue weighted by atomic mass is 79.9. The van der Waals surface area contributed by atoms with E-state index in [1.54, 1.807) is 31.2 Å². The molecule has 0 atom stereocenters. The SMILES string of the molecule is Cc1cc(C(=O)Nc2cc(Br)cc(C(=O)O)c2)ccc1Cl. The van der Waals surface area contributed by atoms with E-state index in [9.17, 15) is 9.59 Å². The van der Waals surface area contributed by atoms with Crippen molar-refractivity contribution >= 4 is 45.1 Å². The van der Waals surface area contributed by atoms with Crippen LogP contribution in [0.3, 0.4) is 0 Å². The van der Waals surface area contributed by atoms with E-state index >= 15 is 0 Å². The fraction of sp³-hybridized carbons (Fsp3) is 0.0667. The lowest BCUT2D eigenvalue weighted by Gasteiger charge is -2.08. The first-order chi connectivity index (χ1) is 9.86. The number of aromatic carboxylic acids is 1. The van der Waals surface area contributed by atoms with Gasteiger partial charge in [-0.3, -0.25) is 4.79 Å². The molecule has 4 nitrogen and oxygen atoms in total. The van der Waals surface area contributed by atoms with Crippen LogP contribution in [0, 0.1) is 6.92 Å². The predicted octanol–water partition coefficient (Wildman–Crippen LogP) is 4.36. The van der Waals surface area contributed by atoms with Crippen LogP contribution in [0.2, 0.25) is 5.02 Å². The molecule has 108 valence electrons. The molecule has 2 N–H and O–H groups in total. The number of aryl methyl sites for hydroxylation is 1. The van der Waals surface area contributed by atoms with Crippen LogP contribution in [0.25, 0.3) is 0 Å². The number of rotatable bonds is 3. The van der Waals surface area contributed by atoms with Gasteiger partial charge in [0.2, 0.25) is 0 Å². The van der Waals surface area contributed by atoms with Gasteiger partial charge in [0.25, 0.3) is 5.91 Å². The van der Waals surface area contributed by atoms with E-state index in [2.05, 4.69) is 21.2 Å². The van der Waals surface area contributed by atoms with Crippen LogP contribution in [0.4, 0.5) is 5.69 Å². The Labute approximate surface area is 134 Å². The first-order valence-electron chi connectivity index (χ1n) is 5.98. The molecule has 0 aliphatic heterocycles. The fourth-order valence-corrected chi connectivity index (χ4v) is 2.39. The van der Waals surface area contributed by atoms with E-state index in [1.165, 1.54) is 12.1 Å². The van der Waals surface area contributed by atoms with Gasteiger partial charge in [0.05, 0.1) is 5.56 Å². The summed E-state index contributed by atoms with van der Waals surface area (Å²) in [6.45, 7) is 1.81. The van der Waals surface area contributed by atoms with E-state index < -0.39 is 5.97 Å². The van der Waals surface area contributed by atoms with Gasteiger partial charge in [-0.15, -0.1) is 0 Å². The second-order valence-corrected chi connectivity index (χ2v) is 5.77. The lowest BCUT2D eigenvalue weighted by atomic mass is 10.1. The Bertz CT molecular complexity index is 731. The molecule has 2 rings (SSSR count). The minimum atomic E-state index is -1.06. The van der Waals surface area contributed by atoms with E-state index in [0.29, 0.717) is 20.7 Å². The highest BCUT2D eigenvalue weighted by Crippen LogP contribution is 2.21. The average molecular weight is 369 g/mol. The maximum atomic E-state index is 12.2. The Balaban J connectivity index is 2.27. The molecule has 2 aromatic rings. The van der Waals surface area contributed by atoms with Crippen molar-refractivity contribution < 1.29 is 14.7 Å². The number of hydrogen-bond donors (Lipinski definition) is 2. The zero-order valence-electron chi connectivity index (χ0n) is 11.0. The topological polar surface area (TPSA) is 66.4 Å². The quantitative estimate of drug-likeness (QED) is 0.846. The van der Waals surface area contributed by atoms with Gasteiger partial charge in [-0.25, -0.2) is 4.79 Å². The highest BCUT2D eigenvalue weighted by molar-refractivity contribution is 9.10. The number of halogens is 2. The average Bonchev–Trinajstić information content (AvgIpc) is 2.41. The lowest BCUT2D eigenvalue weighted by Crippen LogP contribution is -2.12. The molecule has 0 heterocycles. The van der Waals surface area contributed by atoms with Gasteiger partial charge in [-0.2, -0.15) is 0 Å². The molecule has 0 saturated heterocycles. The van der Waals surface area contributed by atoms with Crippen LogP contribution < -0.4 is 5.32 Å². The summed E-state index contributed by atoms with van der Waals surface area (Å²) in [5, 5.41) is 12.3. The number of benzene rings is 2. The van der Waals surface area contributed by atoms with Crippen molar-refractivity contribution in [1.29, 1.82) is 0 Å². The molecule has 6 heteroatoms. The molecular formula is C15H11BrClNO3. The molecule has 0 saturated carbocycles. The molecule has 2 aromatic carbocycles. The Kier molecular flexibility index (Phi) is 4.65. The van der Waals surface area contributed by atoms with Crippen molar-refractivity contribution in [2.45, 2.75) is 6.92 Å². The van der Waals surface area contributed by atoms with Gasteiger partial charge >= 0.3 is 5.97 Å². The standard InChI is InChI=1S/C15H11BrClNO3/c1-8-4-9(2-3-13(8)17)14(19)18-12-6-10(15(20)21)5-11(16)7-12/h2-7H,1H3,(H,18,19)(H,20,21). The Morgan fingerprint density at radius 2 is 1.86 bits per heavy atom. The molecule has 0 radical (unpaired) electrons. The maximum Gasteiger partial charge on any atom is 0.335 e. The minimum absolute atomic E-state index is 0.0898. The van der Waals surface area contributed by atoms with E-state index in [4.69, 9.17) is 16.7 Å². The predicted molar refractivity (Wildman–Crippen MR) is 85.2 cm³/mol. The summed E-state index contributed by atoms with van der Waals surface area (Å²) in [5.74, 6) is -1.39. The van der Waals surface area contributed by atoms with Crippen molar-refractivity contribution in [1.82, 2.24) is 0 Å². The third-order valence-corrected chi connectivity index (χ3v) is 3.70. The summed E-state index contributed by atoms with van der Waals surface area (Å²) in [6.07, 6.45) is 0. The van der Waals surface area contributed by atoms with Crippen molar-refractivity contribution in [3.63, 3.8) is 0 Å². The Morgan fingerprint density at radius 3 is 2.48 bits per heavy atom. The zero-order valence-corrected chi connectivity index (χ0v) is 13.3. The van der Waals surface area contributed by atoms with Crippen LogP contribution in [0.15, 0.2) is 40.9 Å². The van der Waals surface area contributed by atoms with Crippen LogP contribution in [0.1, 0.15) is 26.3 Å². The Morgan fingerprint density at radius 1 is 1.14 bits per heavy atom. The van der Waals surface area contributed by atoms with Gasteiger partial charge in [-0.05, 0) is 48.9 Å². The highest BCUT2D eigenvalue weighted by Gasteiger charge is 2.11. The summed E-state index contributed by atoms with van der Waals surface area (Å²) >= 11 is 9.14. The molecule has 0 aromatic heterocycles. The van der Waals surface area contributed by atoms with Crippen molar-refractivity contribution in [3.8, 4) is 0 Å². The molecule has 1 amide bonds. The zero-order chi connectivity index (χ0) is 15.6. The molecule has 0 bridgehead atoms. The number of anilines is 1. The number of carbonyl (C=O) groups excluding carboxylic acids is 1. The summed E-state index contributed by atoms with van der Waals surface area (Å²) in [4.78, 5) is 23.1. The maximum absolute atomic E-state index is 12.2. The van der Waals surface area contributed by atoms with E-state index in [1.807, 2.05) is 0 Å². The van der Waals surface area contributed by atoms with Crippen molar-refractivity contribution in [2.75, 3.05) is 5.32 Å². The number of amides is 1. The van der Waals surface area contributed by atoms with Crippen LogP contribution in [-0.4, -0.2) is 17.0 Å². The minimum Gasteiger partial charge on any atom is -0.478 e. The molecular weight excluding hydrogens is 358 g/mol. The summed E-state index contributed by atoms with van der Waals surface area (Å²) < 4.78 is 0.574. The van der Waals surface area contributed by atoms with Crippen LogP contribution in [-0.2, 0) is 0 Å². The van der Waals surface area contributed by atoms with Gasteiger partial charge in [-0.1, -0.05) is 27.5 Å². The smallest absolute Gasteiger partial charge is 0.335 e. The number of carbonyl (C=O) groups is 2. The largest absolute Gasteiger partial charge is 0.478 e. The number of carboxylic acid groups (broad SMARTS) is 1. The van der Waals surface area contributed by atoms with Crippen molar-refractivity contribution in [3.05, 3.63) is 62.6 Å². The number of carboxylic acids is 1. The third-order valence-electron chi connectivity index (χ3n) is 2.82. The summed E-state index contributed by atoms with van der Waals surface area (Å²) in [5.41, 5.74) is 1.74. The lowest BCUT2D eigenvalue weighted by molar-refractivity contribution is 0.0696. The van der Waals surface area contributed by atoms with Gasteiger partial charge < -0.3 is 10.4 Å². The molecule has 21 heavy (non-hydrogen) atoms. The second kappa shape index (κ2) is 6.28. The normalized spacial score (nSPS) is 10.2. The molecule has 0 aliphatic carbocycles. The van der Waals surface area contributed by atoms with Crippen molar-refractivity contribution in [2.24, 2.45) is 0 Å². The van der Waals surface area contributed by atoms with Gasteiger partial charge in [0, 0.05) is 20.7 Å². The number of nitrogens with one attached hydrogen (secondary N) is 1. The second-order valence-electron chi connectivity index (χ2n) is 4.45. The first-order valence-corrected chi connectivity index (χ1v) is 7.15. The Hall–Kier alpha value is -1.85. The number of hydrogen-bond acceptors (Lipinski definition) is 2. The molecule has 0 aliphatic rings. The van der Waals surface area contributed by atoms with E-state index in [-0.39, 0.29) is 11.5 Å². The molecule has 0 unspecified atom stereocenters. The third kappa shape index (κ3) is 3.83. The van der Waals surface area contributed by atoms with Crippen LogP contribution >= 0.6 is 27.5 Å². The summed E-state index contributed by atoms with van der Waals surface area (Å²) in [6, 6.07) is 9.43. The fourth-order valence-electron chi connectivity index (χ4n) is 1.77. The van der Waals surface area contributed by atoms with Gasteiger partial charge in [0.15, 0.2) is 0 Å². The van der Waals surface area contributed by atoms with Gasteiger partial charge in [0.1, 0.15) is 0 Å². The first kappa shape index (κ1) is 15.5.